The summed E-state index contributed by atoms with van der Waals surface area (Å²) >= 11 is 1.52. The van der Waals surface area contributed by atoms with Crippen LogP contribution in [-0.4, -0.2) is 36.9 Å². The largest absolute Gasteiger partial charge is 0.419 e. The number of carbonyl (C=O) groups is 1. The lowest BCUT2D eigenvalue weighted by Gasteiger charge is -2.18. The third-order valence-corrected chi connectivity index (χ3v) is 6.70. The van der Waals surface area contributed by atoms with E-state index in [1.165, 1.54) is 41.6 Å². The molecule has 8 nitrogen and oxygen atoms in total. The first-order valence-electron chi connectivity index (χ1n) is 9.19. The van der Waals surface area contributed by atoms with Crippen LogP contribution in [0, 0.1) is 6.92 Å². The molecule has 0 saturated carbocycles. The zero-order chi connectivity index (χ0) is 21.9. The Bertz CT molecular complexity index is 1230. The summed E-state index contributed by atoms with van der Waals surface area (Å²) in [5.74, 6) is -0.422. The SMILES string of the molecule is CSCC[C@H](NS(=O)(=O)c1ccc2c(c1)oc(=O)n2C)C(=O)Nc1cccc(C)c1. The minimum Gasteiger partial charge on any atom is -0.408 e. The van der Waals surface area contributed by atoms with Crippen LogP contribution in [0.25, 0.3) is 11.1 Å². The Labute approximate surface area is 178 Å². The average Bonchev–Trinajstić information content (AvgIpc) is 2.98. The third-order valence-electron chi connectivity index (χ3n) is 4.58. The van der Waals surface area contributed by atoms with Crippen LogP contribution in [0.5, 0.6) is 0 Å². The van der Waals surface area contributed by atoms with Crippen molar-refractivity contribution in [1.29, 1.82) is 0 Å². The number of benzene rings is 2. The van der Waals surface area contributed by atoms with Gasteiger partial charge in [0.2, 0.25) is 15.9 Å². The summed E-state index contributed by atoms with van der Waals surface area (Å²) in [6.07, 6.45) is 2.20. The van der Waals surface area contributed by atoms with Gasteiger partial charge in [-0.05, 0) is 55.2 Å². The van der Waals surface area contributed by atoms with Crippen LogP contribution in [0.2, 0.25) is 0 Å². The zero-order valence-corrected chi connectivity index (χ0v) is 18.5. The highest BCUT2D eigenvalue weighted by atomic mass is 32.2. The van der Waals surface area contributed by atoms with Crippen molar-refractivity contribution < 1.29 is 17.6 Å². The number of oxazole rings is 1. The molecule has 0 aliphatic rings. The van der Waals surface area contributed by atoms with Crippen molar-refractivity contribution in [2.24, 2.45) is 7.05 Å². The van der Waals surface area contributed by atoms with Crippen LogP contribution in [0.15, 0.2) is 56.6 Å². The van der Waals surface area contributed by atoms with E-state index >= 15 is 0 Å². The van der Waals surface area contributed by atoms with E-state index in [4.69, 9.17) is 4.42 Å². The maximum atomic E-state index is 12.9. The molecule has 0 spiro atoms. The van der Waals surface area contributed by atoms with Gasteiger partial charge in [0.25, 0.3) is 0 Å². The quantitative estimate of drug-likeness (QED) is 0.547. The highest BCUT2D eigenvalue weighted by Gasteiger charge is 2.26. The van der Waals surface area contributed by atoms with Gasteiger partial charge in [-0.25, -0.2) is 13.2 Å². The molecule has 0 unspecified atom stereocenters. The van der Waals surface area contributed by atoms with Gasteiger partial charge < -0.3 is 9.73 Å². The van der Waals surface area contributed by atoms with Crippen molar-refractivity contribution in [3.05, 3.63) is 58.6 Å². The molecule has 10 heteroatoms. The number of nitrogens with one attached hydrogen (secondary N) is 2. The van der Waals surface area contributed by atoms with Gasteiger partial charge in [0, 0.05) is 18.8 Å². The summed E-state index contributed by atoms with van der Waals surface area (Å²) in [5.41, 5.74) is 2.22. The Kier molecular flexibility index (Phi) is 6.69. The molecule has 0 saturated heterocycles. The topological polar surface area (TPSA) is 110 Å². The van der Waals surface area contributed by atoms with E-state index in [2.05, 4.69) is 10.0 Å². The number of nitrogens with zero attached hydrogens (tertiary/aromatic N) is 1. The fourth-order valence-corrected chi connectivity index (χ4v) is 4.68. The number of sulfonamides is 1. The summed E-state index contributed by atoms with van der Waals surface area (Å²) in [7, 11) is -2.49. The molecule has 0 radical (unpaired) electrons. The maximum absolute atomic E-state index is 12.9. The molecule has 2 aromatic carbocycles. The third kappa shape index (κ3) is 4.94. The summed E-state index contributed by atoms with van der Waals surface area (Å²) in [6, 6.07) is 10.5. The van der Waals surface area contributed by atoms with Crippen LogP contribution in [-0.2, 0) is 21.9 Å². The molecule has 160 valence electrons. The van der Waals surface area contributed by atoms with Gasteiger partial charge in [0.1, 0.15) is 6.04 Å². The van der Waals surface area contributed by atoms with Crippen LogP contribution in [0.4, 0.5) is 5.69 Å². The first kappa shape index (κ1) is 22.1. The zero-order valence-electron chi connectivity index (χ0n) is 16.8. The van der Waals surface area contributed by atoms with E-state index < -0.39 is 27.7 Å². The van der Waals surface area contributed by atoms with E-state index in [-0.39, 0.29) is 10.5 Å². The van der Waals surface area contributed by atoms with Crippen LogP contribution >= 0.6 is 11.8 Å². The number of hydrogen-bond donors (Lipinski definition) is 2. The van der Waals surface area contributed by atoms with Crippen LogP contribution in [0.3, 0.4) is 0 Å². The Morgan fingerprint density at radius 3 is 2.70 bits per heavy atom. The molecular formula is C20H23N3O5S2. The molecular weight excluding hydrogens is 426 g/mol. The van der Waals surface area contributed by atoms with Crippen molar-refractivity contribution in [3.63, 3.8) is 0 Å². The Morgan fingerprint density at radius 1 is 1.23 bits per heavy atom. The van der Waals surface area contributed by atoms with Crippen LogP contribution < -0.4 is 15.8 Å². The van der Waals surface area contributed by atoms with E-state index in [9.17, 15) is 18.0 Å². The lowest BCUT2D eigenvalue weighted by atomic mass is 10.2. The molecule has 1 atom stereocenters. The van der Waals surface area contributed by atoms with Crippen LogP contribution in [0.1, 0.15) is 12.0 Å². The molecule has 30 heavy (non-hydrogen) atoms. The number of aromatic nitrogens is 1. The highest BCUT2D eigenvalue weighted by Crippen LogP contribution is 2.19. The Balaban J connectivity index is 1.85. The number of carbonyl (C=O) groups excluding carboxylic acids is 1. The van der Waals surface area contributed by atoms with E-state index in [0.29, 0.717) is 23.4 Å². The minimum absolute atomic E-state index is 0.0816. The van der Waals surface area contributed by atoms with E-state index in [1.54, 1.807) is 6.07 Å². The summed E-state index contributed by atoms with van der Waals surface area (Å²) < 4.78 is 34.7. The van der Waals surface area contributed by atoms with Gasteiger partial charge in [-0.1, -0.05) is 12.1 Å². The van der Waals surface area contributed by atoms with E-state index in [1.807, 2.05) is 31.4 Å². The number of amides is 1. The fourth-order valence-electron chi connectivity index (χ4n) is 2.97. The molecule has 0 aliphatic heterocycles. The van der Waals surface area contributed by atoms with Gasteiger partial charge >= 0.3 is 5.76 Å². The summed E-state index contributed by atoms with van der Waals surface area (Å²) in [4.78, 5) is 24.4. The predicted molar refractivity (Wildman–Crippen MR) is 118 cm³/mol. The normalized spacial score (nSPS) is 12.8. The molecule has 1 heterocycles. The lowest BCUT2D eigenvalue weighted by Crippen LogP contribution is -2.44. The minimum atomic E-state index is -4.02. The number of anilines is 1. The second-order valence-electron chi connectivity index (χ2n) is 6.87. The monoisotopic (exact) mass is 449 g/mol. The van der Waals surface area contributed by atoms with Gasteiger partial charge in [0.05, 0.1) is 10.4 Å². The van der Waals surface area contributed by atoms with Gasteiger partial charge in [-0.15, -0.1) is 0 Å². The molecule has 1 aromatic heterocycles. The molecule has 0 fully saturated rings. The second-order valence-corrected chi connectivity index (χ2v) is 9.57. The summed E-state index contributed by atoms with van der Waals surface area (Å²) in [6.45, 7) is 1.90. The average molecular weight is 450 g/mol. The molecule has 3 aromatic rings. The molecule has 2 N–H and O–H groups in total. The van der Waals surface area contributed by atoms with Crippen molar-refractivity contribution in [3.8, 4) is 0 Å². The fraction of sp³-hybridized carbons (Fsp3) is 0.300. The van der Waals surface area contributed by atoms with E-state index in [0.717, 1.165) is 5.56 Å². The van der Waals surface area contributed by atoms with Gasteiger partial charge in [0.15, 0.2) is 5.58 Å². The summed E-state index contributed by atoms with van der Waals surface area (Å²) in [5, 5.41) is 2.77. The van der Waals surface area contributed by atoms with Gasteiger partial charge in [-0.2, -0.15) is 16.5 Å². The van der Waals surface area contributed by atoms with Crippen molar-refractivity contribution in [2.75, 3.05) is 17.3 Å². The highest BCUT2D eigenvalue weighted by molar-refractivity contribution is 7.98. The lowest BCUT2D eigenvalue weighted by molar-refractivity contribution is -0.117. The standard InChI is InChI=1S/C20H23N3O5S2/c1-13-5-4-6-14(11-13)21-19(24)16(9-10-29-3)22-30(26,27)15-7-8-17-18(12-15)28-20(25)23(17)2/h4-8,11-12,16,22H,9-10H2,1-3H3,(H,21,24)/t16-/m0/s1. The molecule has 0 bridgehead atoms. The Morgan fingerprint density at radius 2 is 2.00 bits per heavy atom. The molecule has 0 aliphatic carbocycles. The number of aryl methyl sites for hydroxylation is 2. The van der Waals surface area contributed by atoms with Crippen molar-refractivity contribution >= 4 is 44.5 Å². The first-order valence-corrected chi connectivity index (χ1v) is 12.1. The number of rotatable bonds is 8. The Hall–Kier alpha value is -2.56. The number of hydrogen-bond acceptors (Lipinski definition) is 6. The van der Waals surface area contributed by atoms with Crippen molar-refractivity contribution in [2.45, 2.75) is 24.3 Å². The number of thioether (sulfide) groups is 1. The molecule has 1 amide bonds. The smallest absolute Gasteiger partial charge is 0.408 e. The second kappa shape index (κ2) is 9.07. The van der Waals surface area contributed by atoms with Crippen molar-refractivity contribution in [1.82, 2.24) is 9.29 Å². The first-order chi connectivity index (χ1) is 14.2. The number of fused-ring (bicyclic) bond motifs is 1. The van der Waals surface area contributed by atoms with Gasteiger partial charge in [-0.3, -0.25) is 9.36 Å². The predicted octanol–water partition coefficient (Wildman–Crippen LogP) is 2.48. The molecule has 3 rings (SSSR count). The maximum Gasteiger partial charge on any atom is 0.419 e.